The number of carbonyl (C=O) groups excluding carboxylic acids is 1. The number of amides is 2. The molecule has 0 heterocycles. The Morgan fingerprint density at radius 1 is 1.14 bits per heavy atom. The first-order valence-corrected chi connectivity index (χ1v) is 7.49. The standard InChI is InChI=1S/C12H14Br2N2O5/c13-7-5-8(11(19)20)10(9(14)6-7)15-12(21)16(1-3-17)2-4-18/h5-6,17-18H,1-4H2,(H,15,21)(H,19,20). The molecule has 0 fully saturated rings. The maximum absolute atomic E-state index is 12.1. The summed E-state index contributed by atoms with van der Waals surface area (Å²) in [5.41, 5.74) is 0.0223. The molecule has 0 bridgehead atoms. The van der Waals surface area contributed by atoms with E-state index in [1.165, 1.54) is 11.0 Å². The second-order valence-electron chi connectivity index (χ2n) is 3.98. The minimum atomic E-state index is -1.19. The van der Waals surface area contributed by atoms with Crippen LogP contribution in [0, 0.1) is 0 Å². The van der Waals surface area contributed by atoms with Crippen molar-refractivity contribution in [3.8, 4) is 0 Å². The number of halogens is 2. The number of hydrogen-bond acceptors (Lipinski definition) is 4. The zero-order valence-electron chi connectivity index (χ0n) is 10.8. The second-order valence-corrected chi connectivity index (χ2v) is 5.75. The summed E-state index contributed by atoms with van der Waals surface area (Å²) >= 11 is 6.37. The number of hydrogen-bond donors (Lipinski definition) is 4. The lowest BCUT2D eigenvalue weighted by molar-refractivity contribution is 0.0698. The van der Waals surface area contributed by atoms with Gasteiger partial charge in [-0.2, -0.15) is 0 Å². The molecule has 9 heteroatoms. The van der Waals surface area contributed by atoms with Crippen LogP contribution in [0.2, 0.25) is 0 Å². The maximum Gasteiger partial charge on any atom is 0.337 e. The minimum Gasteiger partial charge on any atom is -0.478 e. The number of benzene rings is 1. The van der Waals surface area contributed by atoms with Crippen molar-refractivity contribution in [1.82, 2.24) is 4.90 Å². The molecular weight excluding hydrogens is 412 g/mol. The van der Waals surface area contributed by atoms with Crippen molar-refractivity contribution in [3.05, 3.63) is 26.6 Å². The zero-order valence-corrected chi connectivity index (χ0v) is 14.0. The largest absolute Gasteiger partial charge is 0.478 e. The number of nitrogens with zero attached hydrogens (tertiary/aromatic N) is 1. The normalized spacial score (nSPS) is 10.3. The number of carboxylic acid groups (broad SMARTS) is 1. The highest BCUT2D eigenvalue weighted by Gasteiger charge is 2.19. The molecule has 0 aliphatic rings. The number of nitrogens with one attached hydrogen (secondary N) is 1. The van der Waals surface area contributed by atoms with Crippen LogP contribution in [0.3, 0.4) is 0 Å². The van der Waals surface area contributed by atoms with Crippen molar-refractivity contribution < 1.29 is 24.9 Å². The van der Waals surface area contributed by atoms with Gasteiger partial charge in [-0.25, -0.2) is 9.59 Å². The summed E-state index contributed by atoms with van der Waals surface area (Å²) in [5, 5.41) is 29.5. The second kappa shape index (κ2) is 8.32. The lowest BCUT2D eigenvalue weighted by Gasteiger charge is -2.22. The molecule has 0 radical (unpaired) electrons. The van der Waals surface area contributed by atoms with E-state index in [9.17, 15) is 14.7 Å². The van der Waals surface area contributed by atoms with Gasteiger partial charge in [0.25, 0.3) is 0 Å². The number of aliphatic hydroxyl groups excluding tert-OH is 2. The number of rotatable bonds is 6. The molecule has 1 aromatic rings. The molecule has 7 nitrogen and oxygen atoms in total. The summed E-state index contributed by atoms with van der Waals surface area (Å²) < 4.78 is 0.947. The molecule has 116 valence electrons. The van der Waals surface area contributed by atoms with Crippen LogP contribution in [-0.2, 0) is 0 Å². The molecule has 0 unspecified atom stereocenters. The topological polar surface area (TPSA) is 110 Å². The molecule has 0 aromatic heterocycles. The number of urea groups is 1. The van der Waals surface area contributed by atoms with E-state index in [4.69, 9.17) is 10.2 Å². The Hall–Kier alpha value is -1.16. The van der Waals surface area contributed by atoms with Crippen molar-refractivity contribution >= 4 is 49.5 Å². The lowest BCUT2D eigenvalue weighted by atomic mass is 10.2. The van der Waals surface area contributed by atoms with Crippen LogP contribution in [0.1, 0.15) is 10.4 Å². The van der Waals surface area contributed by atoms with Gasteiger partial charge >= 0.3 is 12.0 Å². The number of anilines is 1. The SMILES string of the molecule is O=C(O)c1cc(Br)cc(Br)c1NC(=O)N(CCO)CCO. The molecule has 1 aromatic carbocycles. The Balaban J connectivity index is 3.06. The molecule has 0 atom stereocenters. The highest BCUT2D eigenvalue weighted by atomic mass is 79.9. The van der Waals surface area contributed by atoms with Crippen LogP contribution in [0.5, 0.6) is 0 Å². The molecule has 0 saturated carbocycles. The van der Waals surface area contributed by atoms with Crippen LogP contribution in [0.4, 0.5) is 10.5 Å². The van der Waals surface area contributed by atoms with Crippen LogP contribution in [0.25, 0.3) is 0 Å². The van der Waals surface area contributed by atoms with Crippen LogP contribution < -0.4 is 5.32 Å². The zero-order chi connectivity index (χ0) is 16.0. The Kier molecular flexibility index (Phi) is 7.09. The molecule has 0 saturated heterocycles. The number of carbonyl (C=O) groups is 2. The van der Waals surface area contributed by atoms with Gasteiger partial charge in [-0.05, 0) is 28.1 Å². The predicted octanol–water partition coefficient (Wildman–Crippen LogP) is 1.73. The number of aromatic carboxylic acids is 1. The molecule has 4 N–H and O–H groups in total. The first-order chi connectivity index (χ1) is 9.90. The molecule has 21 heavy (non-hydrogen) atoms. The van der Waals surface area contributed by atoms with E-state index in [0.717, 1.165) is 0 Å². The fourth-order valence-corrected chi connectivity index (χ4v) is 2.94. The van der Waals surface area contributed by atoms with E-state index >= 15 is 0 Å². The smallest absolute Gasteiger partial charge is 0.337 e. The average molecular weight is 426 g/mol. The Morgan fingerprint density at radius 2 is 1.71 bits per heavy atom. The summed E-state index contributed by atoms with van der Waals surface area (Å²) in [6.07, 6.45) is 0. The monoisotopic (exact) mass is 424 g/mol. The summed E-state index contributed by atoms with van der Waals surface area (Å²) in [5.74, 6) is -1.19. The fourth-order valence-electron chi connectivity index (χ4n) is 1.61. The highest BCUT2D eigenvalue weighted by molar-refractivity contribution is 9.11. The van der Waals surface area contributed by atoms with E-state index in [1.54, 1.807) is 6.07 Å². The lowest BCUT2D eigenvalue weighted by Crippen LogP contribution is -2.39. The van der Waals surface area contributed by atoms with Crippen molar-refractivity contribution in [2.24, 2.45) is 0 Å². The van der Waals surface area contributed by atoms with Crippen molar-refractivity contribution in [2.45, 2.75) is 0 Å². The third-order valence-corrected chi connectivity index (χ3v) is 3.63. The summed E-state index contributed by atoms with van der Waals surface area (Å²) in [7, 11) is 0. The van der Waals surface area contributed by atoms with Gasteiger partial charge in [0.2, 0.25) is 0 Å². The average Bonchev–Trinajstić information content (AvgIpc) is 2.40. The third kappa shape index (κ3) is 4.95. The van der Waals surface area contributed by atoms with Gasteiger partial charge in [0.05, 0.1) is 24.5 Å². The molecule has 0 aliphatic heterocycles. The quantitative estimate of drug-likeness (QED) is 0.554. The molecule has 2 amide bonds. The minimum absolute atomic E-state index is 0.0307. The van der Waals surface area contributed by atoms with Gasteiger partial charge in [0.1, 0.15) is 0 Å². The van der Waals surface area contributed by atoms with E-state index < -0.39 is 12.0 Å². The molecule has 1 rings (SSSR count). The highest BCUT2D eigenvalue weighted by Crippen LogP contribution is 2.31. The summed E-state index contributed by atoms with van der Waals surface area (Å²) in [6.45, 7) is -0.465. The first kappa shape index (κ1) is 17.9. The maximum atomic E-state index is 12.1. The van der Waals surface area contributed by atoms with Gasteiger partial charge < -0.3 is 25.5 Å². The van der Waals surface area contributed by atoms with Gasteiger partial charge in [-0.3, -0.25) is 0 Å². The van der Waals surface area contributed by atoms with Gasteiger partial charge in [0, 0.05) is 22.0 Å². The number of aliphatic hydroxyl groups is 2. The van der Waals surface area contributed by atoms with Crippen molar-refractivity contribution in [3.63, 3.8) is 0 Å². The Bertz CT molecular complexity index is 533. The molecular formula is C12H14Br2N2O5. The van der Waals surface area contributed by atoms with Gasteiger partial charge in [-0.15, -0.1) is 0 Å². The summed E-state index contributed by atoms with van der Waals surface area (Å²) in [6, 6.07) is 2.36. The van der Waals surface area contributed by atoms with Gasteiger partial charge in [0.15, 0.2) is 0 Å². The van der Waals surface area contributed by atoms with E-state index in [1.807, 2.05) is 0 Å². The summed E-state index contributed by atoms with van der Waals surface area (Å²) in [4.78, 5) is 24.5. The third-order valence-electron chi connectivity index (χ3n) is 2.54. The van der Waals surface area contributed by atoms with Crippen LogP contribution in [-0.4, -0.2) is 58.5 Å². The fraction of sp³-hybridized carbons (Fsp3) is 0.333. The predicted molar refractivity (Wildman–Crippen MR) is 83.6 cm³/mol. The van der Waals surface area contributed by atoms with Crippen LogP contribution >= 0.6 is 31.9 Å². The molecule has 0 aliphatic carbocycles. The van der Waals surface area contributed by atoms with E-state index in [-0.39, 0.29) is 37.6 Å². The Labute approximate surface area is 137 Å². The first-order valence-electron chi connectivity index (χ1n) is 5.90. The van der Waals surface area contributed by atoms with Crippen LogP contribution in [0.15, 0.2) is 21.1 Å². The van der Waals surface area contributed by atoms with E-state index in [2.05, 4.69) is 37.2 Å². The number of carboxylic acids is 1. The molecule has 0 spiro atoms. The van der Waals surface area contributed by atoms with Crippen molar-refractivity contribution in [2.75, 3.05) is 31.6 Å². The Morgan fingerprint density at radius 3 is 2.19 bits per heavy atom. The van der Waals surface area contributed by atoms with Gasteiger partial charge in [-0.1, -0.05) is 15.9 Å². The van der Waals surface area contributed by atoms with E-state index in [0.29, 0.717) is 8.95 Å². The van der Waals surface area contributed by atoms with Crippen molar-refractivity contribution in [1.29, 1.82) is 0 Å².